The van der Waals surface area contributed by atoms with Crippen LogP contribution >= 0.6 is 0 Å². The molecule has 1 N–H and O–H groups in total. The molecule has 2 aromatic carbocycles. The van der Waals surface area contributed by atoms with Gasteiger partial charge < -0.3 is 10.1 Å². The fourth-order valence-corrected chi connectivity index (χ4v) is 6.13. The van der Waals surface area contributed by atoms with E-state index in [1.807, 2.05) is 47.7 Å². The van der Waals surface area contributed by atoms with Crippen LogP contribution in [0.2, 0.25) is 0 Å². The van der Waals surface area contributed by atoms with Crippen LogP contribution in [0.1, 0.15) is 122 Å². The fraction of sp³-hybridized carbons (Fsp3) is 0.538. The molecule has 1 aliphatic rings. The summed E-state index contributed by atoms with van der Waals surface area (Å²) in [5.41, 5.74) is 5.44. The van der Waals surface area contributed by atoms with Crippen molar-refractivity contribution in [3.05, 3.63) is 77.2 Å². The number of aryl methyl sites for hydroxylation is 2. The van der Waals surface area contributed by atoms with E-state index in [0.29, 0.717) is 5.92 Å². The van der Waals surface area contributed by atoms with E-state index in [1.54, 1.807) is 0 Å². The van der Waals surface area contributed by atoms with E-state index in [-0.39, 0.29) is 42.5 Å². The van der Waals surface area contributed by atoms with Crippen LogP contribution in [0.4, 0.5) is 0 Å². The molecule has 0 aliphatic heterocycles. The maximum atomic E-state index is 12.2. The van der Waals surface area contributed by atoms with Gasteiger partial charge in [-0.15, -0.1) is 34.9 Å². The van der Waals surface area contributed by atoms with E-state index in [4.69, 9.17) is 0 Å². The summed E-state index contributed by atoms with van der Waals surface area (Å²) < 4.78 is 0. The molecular formula is C39H54IrNO2-. The van der Waals surface area contributed by atoms with Crippen molar-refractivity contribution in [2.75, 3.05) is 0 Å². The number of allylic oxidation sites excluding steroid dienone is 2. The first-order valence-corrected chi connectivity index (χ1v) is 16.3. The molecule has 1 atom stereocenters. The number of ketones is 1. The van der Waals surface area contributed by atoms with Gasteiger partial charge in [0.05, 0.1) is 0 Å². The SMILES string of the molecule is CCC(C)(CC)C(=O)/C=C(\O)C(C)(CC)CC.Cc1[c-]c(-c2nccc3cc(C(C)C4CCCC4)ccc23)cc(C)c1.[Ir]. The summed E-state index contributed by atoms with van der Waals surface area (Å²) in [5.74, 6) is 1.79. The van der Waals surface area contributed by atoms with Crippen molar-refractivity contribution in [1.82, 2.24) is 4.98 Å². The van der Waals surface area contributed by atoms with Crippen LogP contribution in [-0.4, -0.2) is 15.9 Å². The second-order valence-electron chi connectivity index (χ2n) is 13.2. The van der Waals surface area contributed by atoms with Crippen molar-refractivity contribution in [3.63, 3.8) is 0 Å². The topological polar surface area (TPSA) is 50.2 Å². The third kappa shape index (κ3) is 8.89. The van der Waals surface area contributed by atoms with E-state index >= 15 is 0 Å². The Balaban J connectivity index is 0.000000318. The molecule has 1 saturated carbocycles. The smallest absolute Gasteiger partial charge is 0.164 e. The van der Waals surface area contributed by atoms with Gasteiger partial charge >= 0.3 is 0 Å². The molecule has 0 saturated heterocycles. The first kappa shape index (κ1) is 36.9. The number of pyridine rings is 1. The maximum absolute atomic E-state index is 12.2. The Bertz CT molecular complexity index is 1360. The third-order valence-electron chi connectivity index (χ3n) is 10.4. The van der Waals surface area contributed by atoms with Crippen molar-refractivity contribution in [1.29, 1.82) is 0 Å². The summed E-state index contributed by atoms with van der Waals surface area (Å²) in [7, 11) is 0. The molecule has 1 unspecified atom stereocenters. The molecule has 4 heteroatoms. The summed E-state index contributed by atoms with van der Waals surface area (Å²) in [6, 6.07) is 16.9. The minimum Gasteiger partial charge on any atom is -0.512 e. The first-order valence-electron chi connectivity index (χ1n) is 16.3. The van der Waals surface area contributed by atoms with Crippen LogP contribution in [0.3, 0.4) is 0 Å². The van der Waals surface area contributed by atoms with Gasteiger partial charge in [-0.1, -0.05) is 93.4 Å². The Morgan fingerprint density at radius 2 is 1.58 bits per heavy atom. The van der Waals surface area contributed by atoms with Crippen LogP contribution in [-0.2, 0) is 24.9 Å². The number of nitrogens with zero attached hydrogens (tertiary/aromatic N) is 1. The number of carbonyl (C=O) groups excluding carboxylic acids is 1. The summed E-state index contributed by atoms with van der Waals surface area (Å²) >= 11 is 0. The predicted octanol–water partition coefficient (Wildman–Crippen LogP) is 11.3. The van der Waals surface area contributed by atoms with Gasteiger partial charge in [0, 0.05) is 43.2 Å². The molecule has 0 amide bonds. The molecule has 4 rings (SSSR count). The van der Waals surface area contributed by atoms with Crippen molar-refractivity contribution in [3.8, 4) is 11.3 Å². The zero-order valence-electron chi connectivity index (χ0n) is 28.1. The molecule has 237 valence electrons. The monoisotopic (exact) mass is 761 g/mol. The zero-order valence-corrected chi connectivity index (χ0v) is 30.5. The fourth-order valence-electron chi connectivity index (χ4n) is 6.13. The molecule has 0 bridgehead atoms. The number of aromatic nitrogens is 1. The maximum Gasteiger partial charge on any atom is 0.164 e. The number of carbonyl (C=O) groups is 1. The molecule has 1 heterocycles. The summed E-state index contributed by atoms with van der Waals surface area (Å²) in [6.45, 7) is 18.7. The number of hydrogen-bond acceptors (Lipinski definition) is 3. The second kappa shape index (κ2) is 16.1. The van der Waals surface area contributed by atoms with E-state index in [9.17, 15) is 9.90 Å². The van der Waals surface area contributed by atoms with E-state index in [2.05, 4.69) is 68.2 Å². The van der Waals surface area contributed by atoms with Crippen molar-refractivity contribution in [2.24, 2.45) is 16.7 Å². The quantitative estimate of drug-likeness (QED) is 0.127. The average Bonchev–Trinajstić information content (AvgIpc) is 3.54. The number of aliphatic hydroxyl groups excluding tert-OH is 1. The Kier molecular flexibility index (Phi) is 13.9. The van der Waals surface area contributed by atoms with Crippen LogP contribution in [0, 0.1) is 36.7 Å². The van der Waals surface area contributed by atoms with Gasteiger partial charge in [-0.25, -0.2) is 0 Å². The number of aliphatic hydroxyl groups is 1. The predicted molar refractivity (Wildman–Crippen MR) is 179 cm³/mol. The minimum absolute atomic E-state index is 0. The third-order valence-corrected chi connectivity index (χ3v) is 10.4. The largest absolute Gasteiger partial charge is 0.512 e. The van der Waals surface area contributed by atoms with E-state index in [0.717, 1.165) is 42.9 Å². The van der Waals surface area contributed by atoms with Gasteiger partial charge in [0.2, 0.25) is 0 Å². The summed E-state index contributed by atoms with van der Waals surface area (Å²) in [6.07, 6.45) is 12.3. The molecule has 3 aromatic rings. The normalized spacial score (nSPS) is 15.0. The van der Waals surface area contributed by atoms with Gasteiger partial charge in [0.15, 0.2) is 5.78 Å². The van der Waals surface area contributed by atoms with Crippen molar-refractivity contribution >= 4 is 16.6 Å². The first-order chi connectivity index (χ1) is 19.9. The van der Waals surface area contributed by atoms with Gasteiger partial charge in [-0.2, -0.15) is 0 Å². The van der Waals surface area contributed by atoms with Crippen molar-refractivity contribution < 1.29 is 30.0 Å². The van der Waals surface area contributed by atoms with Gasteiger partial charge in [0.25, 0.3) is 0 Å². The number of rotatable bonds is 10. The number of fused-ring (bicyclic) bond motifs is 1. The molecule has 1 aromatic heterocycles. The van der Waals surface area contributed by atoms with E-state index in [1.165, 1.54) is 59.2 Å². The molecule has 0 spiro atoms. The molecule has 43 heavy (non-hydrogen) atoms. The van der Waals surface area contributed by atoms with Gasteiger partial charge in [-0.05, 0) is 78.5 Å². The van der Waals surface area contributed by atoms with Crippen molar-refractivity contribution in [2.45, 2.75) is 120 Å². The minimum atomic E-state index is -0.337. The van der Waals surface area contributed by atoms with Crippen LogP contribution in [0.25, 0.3) is 22.0 Å². The summed E-state index contributed by atoms with van der Waals surface area (Å²) in [5, 5.41) is 12.7. The Morgan fingerprint density at radius 3 is 2.14 bits per heavy atom. The Morgan fingerprint density at radius 1 is 0.977 bits per heavy atom. The molecule has 1 aliphatic carbocycles. The Labute approximate surface area is 275 Å². The average molecular weight is 761 g/mol. The van der Waals surface area contributed by atoms with Crippen LogP contribution in [0.5, 0.6) is 0 Å². The molecule has 1 radical (unpaired) electrons. The number of benzene rings is 2. The standard InChI is InChI=1S/C24H26N.C15H28O2.Ir/c1-16-12-17(2)14-22(13-16)24-23-9-8-20(15-21(23)10-11-25-24)18(3)19-6-4-5-7-19;1-7-14(5,8-2)12(16)11-13(17)15(6,9-3)10-4;/h8-13,15,18-19H,4-7H2,1-3H3;11,16H,7-10H2,1-6H3;/q-1;;/b;12-11-;. The Hall–Kier alpha value is -2.29. The molecular weight excluding hydrogens is 707 g/mol. The molecule has 3 nitrogen and oxygen atoms in total. The number of hydrogen-bond donors (Lipinski definition) is 1. The van der Waals surface area contributed by atoms with Crippen LogP contribution in [0.15, 0.2) is 54.4 Å². The second-order valence-corrected chi connectivity index (χ2v) is 13.2. The van der Waals surface area contributed by atoms with Gasteiger partial charge in [-0.3, -0.25) is 4.79 Å². The van der Waals surface area contributed by atoms with E-state index < -0.39 is 0 Å². The summed E-state index contributed by atoms with van der Waals surface area (Å²) in [4.78, 5) is 16.9. The molecule has 1 fully saturated rings. The van der Waals surface area contributed by atoms with Crippen LogP contribution < -0.4 is 0 Å². The van der Waals surface area contributed by atoms with Gasteiger partial charge in [0.1, 0.15) is 5.76 Å². The zero-order chi connectivity index (χ0) is 31.1.